The second kappa shape index (κ2) is 11.9. The van der Waals surface area contributed by atoms with Gasteiger partial charge in [-0.2, -0.15) is 13.2 Å². The van der Waals surface area contributed by atoms with Crippen LogP contribution in [0.4, 0.5) is 13.2 Å². The number of rotatable bonds is 10. The van der Waals surface area contributed by atoms with E-state index < -0.39 is 11.7 Å². The lowest BCUT2D eigenvalue weighted by molar-refractivity contribution is -0.137. The quantitative estimate of drug-likeness (QED) is 0.217. The van der Waals surface area contributed by atoms with E-state index in [1.54, 1.807) is 18.0 Å². The molecule has 1 aliphatic rings. The maximum absolute atomic E-state index is 12.9. The number of thioether (sulfide) groups is 1. The predicted molar refractivity (Wildman–Crippen MR) is 132 cm³/mol. The summed E-state index contributed by atoms with van der Waals surface area (Å²) >= 11 is 1.67. The van der Waals surface area contributed by atoms with Crippen molar-refractivity contribution in [1.29, 1.82) is 0 Å². The number of fused-ring (bicyclic) bond motifs is 1. The molecular weight excluding hydrogens is 457 g/mol. The average molecular weight is 489 g/mol. The molecule has 0 bridgehead atoms. The van der Waals surface area contributed by atoms with Crippen LogP contribution in [0.25, 0.3) is 10.9 Å². The Morgan fingerprint density at radius 3 is 2.47 bits per heavy atom. The van der Waals surface area contributed by atoms with E-state index in [1.807, 2.05) is 6.07 Å². The Morgan fingerprint density at radius 2 is 1.71 bits per heavy atom. The lowest BCUT2D eigenvalue weighted by Crippen LogP contribution is -2.28. The van der Waals surface area contributed by atoms with Gasteiger partial charge < -0.3 is 4.74 Å². The molecule has 0 N–H and O–H groups in total. The number of hydrogen-bond acceptors (Lipinski definition) is 4. The molecule has 0 saturated carbocycles. The minimum Gasteiger partial charge on any atom is -0.494 e. The van der Waals surface area contributed by atoms with E-state index in [4.69, 9.17) is 4.74 Å². The summed E-state index contributed by atoms with van der Waals surface area (Å²) in [6.07, 6.45) is 4.24. The minimum atomic E-state index is -4.35. The van der Waals surface area contributed by atoms with Crippen LogP contribution in [0.2, 0.25) is 0 Å². The summed E-state index contributed by atoms with van der Waals surface area (Å²) in [5.74, 6) is 1.82. The van der Waals surface area contributed by atoms with Gasteiger partial charge in [0.25, 0.3) is 0 Å². The number of pyridine rings is 1. The van der Waals surface area contributed by atoms with Gasteiger partial charge in [0.1, 0.15) is 5.75 Å². The minimum absolute atomic E-state index is 0.384. The third kappa shape index (κ3) is 7.12. The van der Waals surface area contributed by atoms with Crippen molar-refractivity contribution < 1.29 is 17.9 Å². The summed E-state index contributed by atoms with van der Waals surface area (Å²) < 4.78 is 44.7. The van der Waals surface area contributed by atoms with Crippen LogP contribution in [-0.2, 0) is 12.7 Å². The number of alkyl halides is 3. The zero-order chi connectivity index (χ0) is 23.8. The summed E-state index contributed by atoms with van der Waals surface area (Å²) in [5, 5.41) is 0.771. The Labute approximate surface area is 203 Å². The largest absolute Gasteiger partial charge is 0.494 e. The smallest absolute Gasteiger partial charge is 0.416 e. The fourth-order valence-electron chi connectivity index (χ4n) is 4.24. The Balaban J connectivity index is 1.15. The summed E-state index contributed by atoms with van der Waals surface area (Å²) in [4.78, 5) is 7.61. The van der Waals surface area contributed by atoms with E-state index in [-0.39, 0.29) is 0 Å². The zero-order valence-electron chi connectivity index (χ0n) is 19.3. The maximum atomic E-state index is 12.9. The van der Waals surface area contributed by atoms with Crippen molar-refractivity contribution in [1.82, 2.24) is 9.88 Å². The summed E-state index contributed by atoms with van der Waals surface area (Å²) in [5.41, 5.74) is 1.06. The normalized spacial score (nSPS) is 15.0. The van der Waals surface area contributed by atoms with Crippen molar-refractivity contribution >= 4 is 22.7 Å². The molecule has 182 valence electrons. The number of likely N-dealkylation sites (tertiary alicyclic amines) is 1. The first-order valence-electron chi connectivity index (χ1n) is 12.0. The topological polar surface area (TPSA) is 25.4 Å². The maximum Gasteiger partial charge on any atom is 0.416 e. The SMILES string of the molecule is FC(F)(F)c1ccc2c(SCCCCCOc3ccc(CN4CCCCC4)cc3)ccnc2c1. The van der Waals surface area contributed by atoms with Gasteiger partial charge in [0.2, 0.25) is 0 Å². The molecule has 2 heterocycles. The van der Waals surface area contributed by atoms with Gasteiger partial charge in [0.15, 0.2) is 0 Å². The molecule has 0 atom stereocenters. The van der Waals surface area contributed by atoms with E-state index in [0.717, 1.165) is 59.7 Å². The Morgan fingerprint density at radius 1 is 0.912 bits per heavy atom. The van der Waals surface area contributed by atoms with Gasteiger partial charge in [0.05, 0.1) is 17.7 Å². The lowest BCUT2D eigenvalue weighted by atomic mass is 10.1. The van der Waals surface area contributed by atoms with Crippen LogP contribution in [0.15, 0.2) is 59.6 Å². The van der Waals surface area contributed by atoms with Crippen LogP contribution in [0.5, 0.6) is 5.75 Å². The Bertz CT molecular complexity index is 1050. The molecule has 2 aromatic carbocycles. The van der Waals surface area contributed by atoms with Crippen molar-refractivity contribution in [2.24, 2.45) is 0 Å². The molecule has 34 heavy (non-hydrogen) atoms. The molecule has 0 aliphatic carbocycles. The predicted octanol–water partition coefficient (Wildman–Crippen LogP) is 7.58. The van der Waals surface area contributed by atoms with E-state index >= 15 is 0 Å². The first-order chi connectivity index (χ1) is 16.5. The summed E-state index contributed by atoms with van der Waals surface area (Å²) in [7, 11) is 0. The number of halogens is 3. The monoisotopic (exact) mass is 488 g/mol. The van der Waals surface area contributed by atoms with Crippen LogP contribution in [0.1, 0.15) is 49.7 Å². The van der Waals surface area contributed by atoms with Gasteiger partial charge in [-0.3, -0.25) is 9.88 Å². The van der Waals surface area contributed by atoms with Gasteiger partial charge >= 0.3 is 6.18 Å². The third-order valence-electron chi connectivity index (χ3n) is 6.12. The van der Waals surface area contributed by atoms with Gasteiger partial charge in [0, 0.05) is 23.0 Å². The van der Waals surface area contributed by atoms with Gasteiger partial charge in [-0.05, 0) is 86.8 Å². The number of benzene rings is 2. The van der Waals surface area contributed by atoms with E-state index in [9.17, 15) is 13.2 Å². The second-order valence-corrected chi connectivity index (χ2v) is 9.91. The molecule has 1 aromatic heterocycles. The van der Waals surface area contributed by atoms with Crippen LogP contribution in [0.3, 0.4) is 0 Å². The highest BCUT2D eigenvalue weighted by Gasteiger charge is 2.30. The second-order valence-electron chi connectivity index (χ2n) is 8.78. The number of unbranched alkanes of at least 4 members (excludes halogenated alkanes) is 2. The highest BCUT2D eigenvalue weighted by atomic mass is 32.2. The van der Waals surface area contributed by atoms with Gasteiger partial charge in [-0.1, -0.05) is 24.6 Å². The molecule has 1 fully saturated rings. The molecule has 1 aliphatic heterocycles. The fraction of sp³-hybridized carbons (Fsp3) is 0.444. The molecule has 3 aromatic rings. The standard InChI is InChI=1S/C27H31F3N2OS/c28-27(29,30)22-9-12-24-25(19-22)31-14-13-26(24)34-18-6-2-5-17-33-23-10-7-21(8-11-23)20-32-15-3-1-4-16-32/h7-14,19H,1-6,15-18,20H2. The Kier molecular flexibility index (Phi) is 8.73. The lowest BCUT2D eigenvalue weighted by Gasteiger charge is -2.26. The van der Waals surface area contributed by atoms with Gasteiger partial charge in [-0.25, -0.2) is 0 Å². The number of hydrogen-bond donors (Lipinski definition) is 0. The van der Waals surface area contributed by atoms with E-state index in [1.165, 1.54) is 44.0 Å². The molecular formula is C27H31F3N2OS. The summed E-state index contributed by atoms with van der Waals surface area (Å²) in [6.45, 7) is 4.11. The number of aromatic nitrogens is 1. The molecule has 7 heteroatoms. The molecule has 0 amide bonds. The highest BCUT2D eigenvalue weighted by molar-refractivity contribution is 7.99. The molecule has 0 unspecified atom stereocenters. The van der Waals surface area contributed by atoms with Crippen molar-refractivity contribution in [3.63, 3.8) is 0 Å². The molecule has 0 spiro atoms. The first kappa shape index (κ1) is 24.9. The van der Waals surface area contributed by atoms with Crippen LogP contribution in [-0.4, -0.2) is 35.3 Å². The number of nitrogens with zero attached hydrogens (tertiary/aromatic N) is 2. The van der Waals surface area contributed by atoms with Crippen molar-refractivity contribution in [2.45, 2.75) is 56.1 Å². The number of piperidine rings is 1. The van der Waals surface area contributed by atoms with Crippen LogP contribution >= 0.6 is 11.8 Å². The number of ether oxygens (including phenoxy) is 1. The van der Waals surface area contributed by atoms with Crippen molar-refractivity contribution in [2.75, 3.05) is 25.4 Å². The van der Waals surface area contributed by atoms with Crippen LogP contribution < -0.4 is 4.74 Å². The van der Waals surface area contributed by atoms with Gasteiger partial charge in [-0.15, -0.1) is 11.8 Å². The first-order valence-corrected chi connectivity index (χ1v) is 13.0. The third-order valence-corrected chi connectivity index (χ3v) is 7.28. The van der Waals surface area contributed by atoms with E-state index in [0.29, 0.717) is 12.1 Å². The molecule has 4 rings (SSSR count). The molecule has 3 nitrogen and oxygen atoms in total. The molecule has 0 radical (unpaired) electrons. The highest BCUT2D eigenvalue weighted by Crippen LogP contribution is 2.34. The fourth-order valence-corrected chi connectivity index (χ4v) is 5.30. The van der Waals surface area contributed by atoms with Crippen molar-refractivity contribution in [3.05, 3.63) is 65.9 Å². The zero-order valence-corrected chi connectivity index (χ0v) is 20.1. The van der Waals surface area contributed by atoms with E-state index in [2.05, 4.69) is 34.1 Å². The molecule has 1 saturated heterocycles. The van der Waals surface area contributed by atoms with Crippen LogP contribution in [0, 0.1) is 0 Å². The van der Waals surface area contributed by atoms with Crippen molar-refractivity contribution in [3.8, 4) is 5.75 Å². The average Bonchev–Trinajstić information content (AvgIpc) is 2.84. The Hall–Kier alpha value is -2.25. The summed E-state index contributed by atoms with van der Waals surface area (Å²) in [6, 6.07) is 14.1.